The van der Waals surface area contributed by atoms with Gasteiger partial charge < -0.3 is 26.0 Å². The van der Waals surface area contributed by atoms with E-state index in [9.17, 15) is 19.2 Å². The molecule has 0 radical (unpaired) electrons. The van der Waals surface area contributed by atoms with Gasteiger partial charge in [0.05, 0.1) is 10.6 Å². The SMILES string of the molecule is CC(CCC(=O)NC=O)N1Cc2ccc(NCCCCCNc3ccc(C(=O)NC4C(C)(C)CC4(C)C)cc3)cc2C1=O.N#Cc1ccc(O)cc1Cl. The third kappa shape index (κ3) is 11.0. The number of aromatic hydroxyl groups is 1. The van der Waals surface area contributed by atoms with E-state index < -0.39 is 0 Å². The van der Waals surface area contributed by atoms with Crippen LogP contribution < -0.4 is 21.3 Å². The van der Waals surface area contributed by atoms with Crippen molar-refractivity contribution >= 4 is 47.1 Å². The highest BCUT2D eigenvalue weighted by Crippen LogP contribution is 2.53. The Hall–Kier alpha value is -5.08. The Morgan fingerprint density at radius 3 is 2.23 bits per heavy atom. The van der Waals surface area contributed by atoms with E-state index in [2.05, 4.69) is 49.0 Å². The van der Waals surface area contributed by atoms with Gasteiger partial charge in [0.15, 0.2) is 0 Å². The molecule has 1 heterocycles. The minimum Gasteiger partial charge on any atom is -0.508 e. The van der Waals surface area contributed by atoms with Gasteiger partial charge >= 0.3 is 0 Å². The van der Waals surface area contributed by atoms with Gasteiger partial charge in [-0.1, -0.05) is 45.4 Å². The molecule has 53 heavy (non-hydrogen) atoms. The summed E-state index contributed by atoms with van der Waals surface area (Å²) in [6.07, 6.45) is 5.27. The number of benzene rings is 3. The number of nitrogens with one attached hydrogen (secondary N) is 4. The van der Waals surface area contributed by atoms with Crippen LogP contribution in [-0.2, 0) is 16.1 Å². The molecule has 1 aliphatic heterocycles. The number of phenols is 1. The molecule has 0 saturated heterocycles. The molecule has 1 aliphatic carbocycles. The smallest absolute Gasteiger partial charge is 0.254 e. The first kappa shape index (κ1) is 40.7. The maximum absolute atomic E-state index is 13.0. The summed E-state index contributed by atoms with van der Waals surface area (Å²) in [5.74, 6) is -0.292. The zero-order valence-electron chi connectivity index (χ0n) is 31.2. The van der Waals surface area contributed by atoms with E-state index in [4.69, 9.17) is 22.0 Å². The number of nitriles is 1. The summed E-state index contributed by atoms with van der Waals surface area (Å²) in [6, 6.07) is 19.8. The molecule has 1 fully saturated rings. The fourth-order valence-electron chi connectivity index (χ4n) is 7.56. The highest BCUT2D eigenvalue weighted by atomic mass is 35.5. The minimum atomic E-state index is -0.333. The van der Waals surface area contributed by atoms with Gasteiger partial charge in [-0.15, -0.1) is 0 Å². The third-order valence-corrected chi connectivity index (χ3v) is 10.3. The highest BCUT2D eigenvalue weighted by Gasteiger charge is 2.53. The number of halogens is 1. The number of phenolic OH excluding ortho intramolecular Hbond substituents is 1. The van der Waals surface area contributed by atoms with Crippen molar-refractivity contribution < 1.29 is 24.3 Å². The molecule has 1 saturated carbocycles. The molecule has 0 spiro atoms. The molecule has 12 heteroatoms. The van der Waals surface area contributed by atoms with Gasteiger partial charge in [-0.2, -0.15) is 5.26 Å². The average molecular weight is 743 g/mol. The number of carbonyl (C=O) groups is 4. The van der Waals surface area contributed by atoms with Crippen molar-refractivity contribution in [2.24, 2.45) is 10.8 Å². The fourth-order valence-corrected chi connectivity index (χ4v) is 7.78. The molecule has 11 nitrogen and oxygen atoms in total. The highest BCUT2D eigenvalue weighted by molar-refractivity contribution is 6.31. The van der Waals surface area contributed by atoms with Crippen LogP contribution in [0.2, 0.25) is 5.02 Å². The average Bonchev–Trinajstić information content (AvgIpc) is 3.44. The predicted octanol–water partition coefficient (Wildman–Crippen LogP) is 7.25. The zero-order valence-corrected chi connectivity index (χ0v) is 32.0. The zero-order chi connectivity index (χ0) is 38.8. The molecular weight excluding hydrogens is 692 g/mol. The molecule has 4 amide bonds. The van der Waals surface area contributed by atoms with E-state index in [1.807, 2.05) is 55.5 Å². The standard InChI is InChI=1S/C34H47N5O4.C7H4ClNO/c1-23(9-16-29(41)37-22-40)39-20-25-12-15-27(19-28(25)31(39)43)36-18-8-6-7-17-35-26-13-10-24(11-14-26)30(42)38-32-33(2,3)21-34(32,4)5;8-7-3-6(10)2-1-5(7)4-9/h10-15,19,22-23,32,35-36H,6-9,16-18,20-21H2,1-5H3,(H,38,42)(H,37,40,41);1-3,10H. The summed E-state index contributed by atoms with van der Waals surface area (Å²) in [6.45, 7) is 13.0. The Balaban J connectivity index is 0.000000541. The Kier molecular flexibility index (Phi) is 13.9. The van der Waals surface area contributed by atoms with Crippen molar-refractivity contribution in [3.05, 3.63) is 87.9 Å². The lowest BCUT2D eigenvalue weighted by Gasteiger charge is -2.57. The molecular formula is C41H51ClN6O5. The summed E-state index contributed by atoms with van der Waals surface area (Å²) in [5.41, 5.74) is 4.94. The van der Waals surface area contributed by atoms with Crippen LogP contribution in [0.1, 0.15) is 105 Å². The summed E-state index contributed by atoms with van der Waals surface area (Å²) in [7, 11) is 0. The number of unbranched alkanes of at least 4 members (excludes halogenated alkanes) is 2. The first-order chi connectivity index (χ1) is 25.1. The number of anilines is 2. The van der Waals surface area contributed by atoms with Gasteiger partial charge in [0.1, 0.15) is 11.8 Å². The maximum Gasteiger partial charge on any atom is 0.254 e. The van der Waals surface area contributed by atoms with E-state index in [0.29, 0.717) is 36.1 Å². The van der Waals surface area contributed by atoms with E-state index in [-0.39, 0.29) is 57.8 Å². The lowest BCUT2D eigenvalue weighted by atomic mass is 9.52. The number of hydrogen-bond acceptors (Lipinski definition) is 8. The van der Waals surface area contributed by atoms with Crippen molar-refractivity contribution in [3.8, 4) is 11.8 Å². The van der Waals surface area contributed by atoms with Gasteiger partial charge in [-0.25, -0.2) is 0 Å². The van der Waals surface area contributed by atoms with Crippen molar-refractivity contribution in [3.63, 3.8) is 0 Å². The van der Waals surface area contributed by atoms with Gasteiger partial charge in [0.25, 0.3) is 11.8 Å². The van der Waals surface area contributed by atoms with E-state index >= 15 is 0 Å². The largest absolute Gasteiger partial charge is 0.508 e. The number of fused-ring (bicyclic) bond motifs is 1. The Labute approximate surface area is 317 Å². The monoisotopic (exact) mass is 742 g/mol. The van der Waals surface area contributed by atoms with Crippen LogP contribution in [0.25, 0.3) is 0 Å². The molecule has 3 aromatic rings. The van der Waals surface area contributed by atoms with Crippen LogP contribution in [0.3, 0.4) is 0 Å². The maximum atomic E-state index is 13.0. The second-order valence-corrected chi connectivity index (χ2v) is 15.6. The fraction of sp³-hybridized carbons (Fsp3) is 0.439. The molecule has 1 atom stereocenters. The summed E-state index contributed by atoms with van der Waals surface area (Å²) in [5, 5.41) is 29.8. The molecule has 3 aromatic carbocycles. The second kappa shape index (κ2) is 18.1. The van der Waals surface area contributed by atoms with Crippen LogP contribution in [0.4, 0.5) is 11.4 Å². The lowest BCUT2D eigenvalue weighted by Crippen LogP contribution is -2.63. The van der Waals surface area contributed by atoms with Crippen LogP contribution >= 0.6 is 11.6 Å². The Morgan fingerprint density at radius 2 is 1.62 bits per heavy atom. The van der Waals surface area contributed by atoms with Gasteiger partial charge in [0.2, 0.25) is 12.3 Å². The quantitative estimate of drug-likeness (QED) is 0.0803. The van der Waals surface area contributed by atoms with Crippen LogP contribution in [0.5, 0.6) is 5.75 Å². The predicted molar refractivity (Wildman–Crippen MR) is 208 cm³/mol. The number of hydrogen-bond donors (Lipinski definition) is 5. The van der Waals surface area contributed by atoms with Crippen LogP contribution in [-0.4, -0.2) is 59.3 Å². The summed E-state index contributed by atoms with van der Waals surface area (Å²) in [4.78, 5) is 49.6. The molecule has 5 rings (SSSR count). The molecule has 0 aromatic heterocycles. The van der Waals surface area contributed by atoms with E-state index in [1.54, 1.807) is 4.90 Å². The molecule has 282 valence electrons. The van der Waals surface area contributed by atoms with Crippen molar-refractivity contribution in [2.75, 3.05) is 23.7 Å². The first-order valence-corrected chi connectivity index (χ1v) is 18.5. The third-order valence-electron chi connectivity index (χ3n) is 9.96. The van der Waals surface area contributed by atoms with Gasteiger partial charge in [0, 0.05) is 60.6 Å². The normalized spacial score (nSPS) is 15.8. The van der Waals surface area contributed by atoms with Crippen molar-refractivity contribution in [1.82, 2.24) is 15.5 Å². The summed E-state index contributed by atoms with van der Waals surface area (Å²) < 4.78 is 0. The number of carbonyl (C=O) groups excluding carboxylic acids is 4. The minimum absolute atomic E-state index is 0.0117. The number of imide groups is 1. The van der Waals surface area contributed by atoms with Crippen molar-refractivity contribution in [2.45, 2.75) is 91.8 Å². The topological polar surface area (TPSA) is 164 Å². The first-order valence-electron chi connectivity index (χ1n) is 18.1. The Morgan fingerprint density at radius 1 is 0.981 bits per heavy atom. The van der Waals surface area contributed by atoms with Crippen LogP contribution in [0, 0.1) is 22.2 Å². The molecule has 1 unspecified atom stereocenters. The number of amides is 4. The summed E-state index contributed by atoms with van der Waals surface area (Å²) >= 11 is 5.55. The van der Waals surface area contributed by atoms with Crippen molar-refractivity contribution in [1.29, 1.82) is 5.26 Å². The van der Waals surface area contributed by atoms with Gasteiger partial charge in [-0.05, 0) is 110 Å². The van der Waals surface area contributed by atoms with Crippen LogP contribution in [0.15, 0.2) is 60.7 Å². The van der Waals surface area contributed by atoms with E-state index in [0.717, 1.165) is 55.7 Å². The number of rotatable bonds is 15. The lowest BCUT2D eigenvalue weighted by molar-refractivity contribution is -0.125. The number of nitrogens with zero attached hydrogens (tertiary/aromatic N) is 2. The molecule has 2 aliphatic rings. The second-order valence-electron chi connectivity index (χ2n) is 15.2. The molecule has 5 N–H and O–H groups in total. The molecule has 0 bridgehead atoms. The Bertz CT molecular complexity index is 1810. The van der Waals surface area contributed by atoms with E-state index in [1.165, 1.54) is 18.2 Å². The van der Waals surface area contributed by atoms with Gasteiger partial charge in [-0.3, -0.25) is 24.5 Å².